The molecule has 1 saturated heterocycles. The van der Waals surface area contributed by atoms with Gasteiger partial charge in [0.1, 0.15) is 0 Å². The van der Waals surface area contributed by atoms with Crippen molar-refractivity contribution >= 4 is 37.3 Å². The van der Waals surface area contributed by atoms with Crippen LogP contribution in [0.3, 0.4) is 0 Å². The van der Waals surface area contributed by atoms with Gasteiger partial charge in [0.25, 0.3) is 0 Å². The fourth-order valence-corrected chi connectivity index (χ4v) is 5.81. The predicted molar refractivity (Wildman–Crippen MR) is 70.8 cm³/mol. The number of thiophene rings is 1. The van der Waals surface area contributed by atoms with Gasteiger partial charge in [0, 0.05) is 18.0 Å². The summed E-state index contributed by atoms with van der Waals surface area (Å²) >= 11 is 4.69. The Morgan fingerprint density at radius 2 is 2.18 bits per heavy atom. The molecule has 4 nitrogen and oxygen atoms in total. The summed E-state index contributed by atoms with van der Waals surface area (Å²) in [7, 11) is -3.44. The molecule has 0 amide bonds. The van der Waals surface area contributed by atoms with Gasteiger partial charge in [-0.3, -0.25) is 0 Å². The number of aliphatic hydroxyl groups is 1. The third-order valence-electron chi connectivity index (χ3n) is 3.06. The first-order valence-electron chi connectivity index (χ1n) is 5.27. The summed E-state index contributed by atoms with van der Waals surface area (Å²) in [6, 6.07) is 1.62. The van der Waals surface area contributed by atoms with Crippen molar-refractivity contribution in [1.29, 1.82) is 0 Å². The van der Waals surface area contributed by atoms with E-state index in [9.17, 15) is 13.5 Å². The molecule has 0 atom stereocenters. The van der Waals surface area contributed by atoms with Gasteiger partial charge in [0.15, 0.2) is 0 Å². The molecule has 1 aromatic rings. The molecule has 0 unspecified atom stereocenters. The van der Waals surface area contributed by atoms with Gasteiger partial charge in [-0.1, -0.05) is 6.92 Å². The van der Waals surface area contributed by atoms with Crippen molar-refractivity contribution in [3.63, 3.8) is 0 Å². The maximum Gasteiger partial charge on any atom is 0.244 e. The Hall–Kier alpha value is 0.0500. The van der Waals surface area contributed by atoms with Crippen LogP contribution in [0.15, 0.2) is 14.7 Å². The standard InChI is InChI=1S/C10H14BrNO3S2/c1-3-10(13)5-12(6-10)17(14,15)8-4-9(11)16-7(8)2/h4,13H,3,5-6H2,1-2H3. The molecule has 1 aliphatic rings. The first-order valence-corrected chi connectivity index (χ1v) is 8.32. The Kier molecular flexibility index (Phi) is 3.42. The summed E-state index contributed by atoms with van der Waals surface area (Å²) < 4.78 is 26.6. The van der Waals surface area contributed by atoms with E-state index in [2.05, 4.69) is 15.9 Å². The molecule has 2 heterocycles. The Labute approximate surface area is 113 Å². The van der Waals surface area contributed by atoms with Gasteiger partial charge in [0.2, 0.25) is 10.0 Å². The summed E-state index contributed by atoms with van der Waals surface area (Å²) in [5.74, 6) is 0. The minimum Gasteiger partial charge on any atom is -0.387 e. The number of β-amino-alcohol motifs (C(OH)–C–C–N with tert-alkyl or cyclic N) is 1. The smallest absolute Gasteiger partial charge is 0.244 e. The molecular weight excluding hydrogens is 326 g/mol. The predicted octanol–water partition coefficient (Wildman–Crippen LogP) is 1.96. The molecule has 17 heavy (non-hydrogen) atoms. The van der Waals surface area contributed by atoms with Crippen molar-refractivity contribution in [1.82, 2.24) is 4.31 Å². The van der Waals surface area contributed by atoms with Crippen molar-refractivity contribution in [2.24, 2.45) is 0 Å². The van der Waals surface area contributed by atoms with Gasteiger partial charge < -0.3 is 5.11 Å². The lowest BCUT2D eigenvalue weighted by Gasteiger charge is -2.44. The molecule has 0 aromatic carbocycles. The maximum atomic E-state index is 12.3. The number of sulfonamides is 1. The summed E-state index contributed by atoms with van der Waals surface area (Å²) in [5.41, 5.74) is -0.839. The largest absolute Gasteiger partial charge is 0.387 e. The van der Waals surface area contributed by atoms with E-state index >= 15 is 0 Å². The Morgan fingerprint density at radius 3 is 2.59 bits per heavy atom. The third kappa shape index (κ3) is 2.31. The van der Waals surface area contributed by atoms with Crippen molar-refractivity contribution in [3.05, 3.63) is 14.7 Å². The minimum atomic E-state index is -3.44. The zero-order valence-corrected chi connectivity index (χ0v) is 12.8. The summed E-state index contributed by atoms with van der Waals surface area (Å²) in [6.07, 6.45) is 0.575. The highest BCUT2D eigenvalue weighted by molar-refractivity contribution is 9.11. The fourth-order valence-electron chi connectivity index (χ4n) is 1.83. The zero-order valence-electron chi connectivity index (χ0n) is 9.60. The molecular formula is C10H14BrNO3S2. The van der Waals surface area contributed by atoms with Crippen LogP contribution in [0.4, 0.5) is 0 Å². The number of nitrogens with zero attached hydrogens (tertiary/aromatic N) is 1. The van der Waals surface area contributed by atoms with E-state index in [1.165, 1.54) is 15.6 Å². The quantitative estimate of drug-likeness (QED) is 0.915. The molecule has 7 heteroatoms. The topological polar surface area (TPSA) is 57.6 Å². The number of aryl methyl sites for hydroxylation is 1. The average molecular weight is 340 g/mol. The molecule has 1 N–H and O–H groups in total. The summed E-state index contributed by atoms with van der Waals surface area (Å²) in [6.45, 7) is 4.03. The maximum absolute atomic E-state index is 12.3. The number of hydrogen-bond acceptors (Lipinski definition) is 4. The van der Waals surface area contributed by atoms with E-state index in [0.29, 0.717) is 11.3 Å². The number of halogens is 1. The highest BCUT2D eigenvalue weighted by atomic mass is 79.9. The van der Waals surface area contributed by atoms with Crippen LogP contribution >= 0.6 is 27.3 Å². The van der Waals surface area contributed by atoms with Gasteiger partial charge in [-0.05, 0) is 35.3 Å². The molecule has 0 bridgehead atoms. The Balaban J connectivity index is 2.25. The lowest BCUT2D eigenvalue weighted by atomic mass is 9.94. The number of hydrogen-bond donors (Lipinski definition) is 1. The number of rotatable bonds is 3. The molecule has 1 aliphatic heterocycles. The molecule has 0 spiro atoms. The normalized spacial score (nSPS) is 20.2. The molecule has 1 fully saturated rings. The second kappa shape index (κ2) is 4.31. The van der Waals surface area contributed by atoms with Crippen LogP contribution < -0.4 is 0 Å². The zero-order chi connectivity index (χ0) is 12.8. The molecule has 0 saturated carbocycles. The first kappa shape index (κ1) is 13.5. The van der Waals surface area contributed by atoms with E-state index in [1.54, 1.807) is 13.0 Å². The second-order valence-corrected chi connectivity index (χ2v) is 8.86. The molecule has 96 valence electrons. The highest BCUT2D eigenvalue weighted by Crippen LogP contribution is 2.35. The van der Waals surface area contributed by atoms with Gasteiger partial charge in [0.05, 0.1) is 14.3 Å². The van der Waals surface area contributed by atoms with Crippen LogP contribution in [-0.2, 0) is 10.0 Å². The molecule has 1 aromatic heterocycles. The second-order valence-electron chi connectivity index (χ2n) is 4.32. The van der Waals surface area contributed by atoms with Crippen molar-refractivity contribution in [3.8, 4) is 0 Å². The van der Waals surface area contributed by atoms with Crippen molar-refractivity contribution in [2.45, 2.75) is 30.8 Å². The van der Waals surface area contributed by atoms with E-state index in [-0.39, 0.29) is 13.1 Å². The lowest BCUT2D eigenvalue weighted by molar-refractivity contribution is -0.0613. The van der Waals surface area contributed by atoms with E-state index in [4.69, 9.17) is 0 Å². The average Bonchev–Trinajstić information content (AvgIpc) is 2.53. The molecule has 0 aliphatic carbocycles. The van der Waals surface area contributed by atoms with Gasteiger partial charge in [-0.15, -0.1) is 11.3 Å². The first-order chi connectivity index (χ1) is 7.78. The van der Waals surface area contributed by atoms with Crippen LogP contribution in [0.25, 0.3) is 0 Å². The summed E-state index contributed by atoms with van der Waals surface area (Å²) in [5, 5.41) is 9.86. The van der Waals surface area contributed by atoms with Gasteiger partial charge in [-0.25, -0.2) is 8.42 Å². The lowest BCUT2D eigenvalue weighted by Crippen LogP contribution is -2.62. The van der Waals surface area contributed by atoms with Crippen molar-refractivity contribution in [2.75, 3.05) is 13.1 Å². The SMILES string of the molecule is CCC1(O)CN(S(=O)(=O)c2cc(Br)sc2C)C1. The monoisotopic (exact) mass is 339 g/mol. The van der Waals surface area contributed by atoms with Crippen LogP contribution in [-0.4, -0.2) is 36.5 Å². The van der Waals surface area contributed by atoms with E-state index < -0.39 is 15.6 Å². The van der Waals surface area contributed by atoms with E-state index in [0.717, 1.165) is 8.66 Å². The minimum absolute atomic E-state index is 0.193. The van der Waals surface area contributed by atoms with Crippen LogP contribution in [0.5, 0.6) is 0 Å². The van der Waals surface area contributed by atoms with Crippen LogP contribution in [0.1, 0.15) is 18.2 Å². The third-order valence-corrected chi connectivity index (χ3v) is 6.66. The van der Waals surface area contributed by atoms with Crippen molar-refractivity contribution < 1.29 is 13.5 Å². The Morgan fingerprint density at radius 1 is 1.59 bits per heavy atom. The molecule has 0 radical (unpaired) electrons. The van der Waals surface area contributed by atoms with Crippen LogP contribution in [0.2, 0.25) is 0 Å². The van der Waals surface area contributed by atoms with Gasteiger partial charge in [-0.2, -0.15) is 4.31 Å². The summed E-state index contributed by atoms with van der Waals surface area (Å²) in [4.78, 5) is 1.11. The highest BCUT2D eigenvalue weighted by Gasteiger charge is 2.46. The Bertz CT molecular complexity index is 532. The molecule has 2 rings (SSSR count). The van der Waals surface area contributed by atoms with E-state index in [1.807, 2.05) is 6.92 Å². The van der Waals surface area contributed by atoms with Crippen LogP contribution in [0, 0.1) is 6.92 Å². The fraction of sp³-hybridized carbons (Fsp3) is 0.600. The van der Waals surface area contributed by atoms with Gasteiger partial charge >= 0.3 is 0 Å².